The Hall–Kier alpha value is -3.32. The van der Waals surface area contributed by atoms with E-state index < -0.39 is 0 Å². The van der Waals surface area contributed by atoms with Crippen molar-refractivity contribution >= 4 is 40.2 Å². The molecule has 5 nitrogen and oxygen atoms in total. The van der Waals surface area contributed by atoms with Gasteiger partial charge in [0.15, 0.2) is 0 Å². The first-order valence-electron chi connectivity index (χ1n) is 15.1. The summed E-state index contributed by atoms with van der Waals surface area (Å²) in [6, 6.07) is 30.9. The molecule has 0 radical (unpaired) electrons. The van der Waals surface area contributed by atoms with Crippen LogP contribution in [0.3, 0.4) is 0 Å². The van der Waals surface area contributed by atoms with Gasteiger partial charge in [-0.2, -0.15) is 4.57 Å². The molecule has 0 unspecified atom stereocenters. The zero-order valence-electron chi connectivity index (χ0n) is 26.5. The van der Waals surface area contributed by atoms with Gasteiger partial charge in [-0.15, -0.1) is 0 Å². The fraction of sp³-hybridized carbons (Fsp3) is 0.361. The minimum atomic E-state index is 0.977. The second-order valence-corrected chi connectivity index (χ2v) is 14.5. The van der Waals surface area contributed by atoms with E-state index in [1.165, 1.54) is 43.6 Å². The Morgan fingerprint density at radius 2 is 1.36 bits per heavy atom. The average molecular weight is 583 g/mol. The summed E-state index contributed by atoms with van der Waals surface area (Å²) in [4.78, 5) is 6.29. The summed E-state index contributed by atoms with van der Waals surface area (Å²) in [5.74, 6) is 1.26. The van der Waals surface area contributed by atoms with Crippen molar-refractivity contribution in [2.75, 3.05) is 85.3 Å². The van der Waals surface area contributed by atoms with Crippen molar-refractivity contribution in [2.24, 2.45) is 0 Å². The summed E-state index contributed by atoms with van der Waals surface area (Å²) >= 11 is 1.86. The Morgan fingerprint density at radius 1 is 0.762 bits per heavy atom. The van der Waals surface area contributed by atoms with Gasteiger partial charge in [0, 0.05) is 36.2 Å². The lowest BCUT2D eigenvalue weighted by Gasteiger charge is -2.27. The van der Waals surface area contributed by atoms with Crippen LogP contribution < -0.4 is 14.4 Å². The van der Waals surface area contributed by atoms with Gasteiger partial charge in [-0.1, -0.05) is 60.3 Å². The van der Waals surface area contributed by atoms with Gasteiger partial charge < -0.3 is 13.9 Å². The molecule has 5 rings (SSSR count). The van der Waals surface area contributed by atoms with Crippen LogP contribution in [0.4, 0.5) is 11.5 Å². The summed E-state index contributed by atoms with van der Waals surface area (Å²) in [5.41, 5.74) is 4.97. The Labute approximate surface area is 257 Å². The summed E-state index contributed by atoms with van der Waals surface area (Å²) in [7, 11) is 15.9. The lowest BCUT2D eigenvalue weighted by molar-refractivity contribution is -0.870. The third-order valence-electron chi connectivity index (χ3n) is 7.87. The van der Waals surface area contributed by atoms with Crippen molar-refractivity contribution in [3.05, 3.63) is 95.5 Å². The third kappa shape index (κ3) is 7.17. The Kier molecular flexibility index (Phi) is 8.97. The second kappa shape index (κ2) is 12.5. The van der Waals surface area contributed by atoms with Gasteiger partial charge in [0.2, 0.25) is 0 Å². The van der Waals surface area contributed by atoms with Crippen LogP contribution in [0.5, 0.6) is 0 Å². The van der Waals surface area contributed by atoms with E-state index in [2.05, 4.69) is 155 Å². The third-order valence-corrected chi connectivity index (χ3v) is 9.04. The summed E-state index contributed by atoms with van der Waals surface area (Å²) < 4.78 is 4.44. The van der Waals surface area contributed by atoms with Crippen LogP contribution in [0.1, 0.15) is 18.4 Å². The maximum Gasteiger partial charge on any atom is 0.282 e. The van der Waals surface area contributed by atoms with Gasteiger partial charge in [-0.05, 0) is 42.0 Å². The van der Waals surface area contributed by atoms with E-state index in [4.69, 9.17) is 0 Å². The molecular weight excluding hydrogens is 534 g/mol. The summed E-state index contributed by atoms with van der Waals surface area (Å²) in [6.45, 7) is 4.32. The topological polar surface area (TPSA) is 10.4 Å². The molecule has 6 heteroatoms. The number of rotatable bonds is 11. The molecule has 0 saturated heterocycles. The van der Waals surface area contributed by atoms with E-state index in [1.54, 1.807) is 0 Å². The average Bonchev–Trinajstić information content (AvgIpc) is 3.26. The van der Waals surface area contributed by atoms with Gasteiger partial charge in [-0.3, -0.25) is 4.90 Å². The largest absolute Gasteiger partial charge is 0.338 e. The number of hydrogen-bond donors (Lipinski definition) is 0. The Morgan fingerprint density at radius 3 is 2.00 bits per heavy atom. The molecule has 3 aromatic carbocycles. The number of aromatic nitrogens is 1. The zero-order valence-corrected chi connectivity index (χ0v) is 27.4. The molecule has 2 heterocycles. The van der Waals surface area contributed by atoms with E-state index in [1.807, 2.05) is 11.8 Å². The molecule has 4 aromatic rings. The standard InChI is InChI=1S/C36H48N5S/c1-37-33-21-13-14-22-34(33)42-36(37)28-29-27-35(38(23-15-25-40(2,3)4)24-16-26-41(5,6)7)39(30-17-9-8-10-18-30)32-20-12-11-19-31(29)32/h8-14,17-22,27-28H,15-16,23-26H2,1-7H3/q+3. The van der Waals surface area contributed by atoms with Crippen LogP contribution in [0.25, 0.3) is 22.7 Å². The molecule has 1 aliphatic rings. The smallest absolute Gasteiger partial charge is 0.282 e. The molecule has 220 valence electrons. The minimum absolute atomic E-state index is 0.977. The van der Waals surface area contributed by atoms with E-state index in [-0.39, 0.29) is 0 Å². The van der Waals surface area contributed by atoms with Gasteiger partial charge in [0.25, 0.3) is 5.82 Å². The molecule has 0 saturated carbocycles. The van der Waals surface area contributed by atoms with Crippen LogP contribution >= 0.6 is 11.8 Å². The molecular formula is C36H48N5S+3. The fourth-order valence-corrected chi connectivity index (χ4v) is 6.81. The van der Waals surface area contributed by atoms with Gasteiger partial charge in [0.1, 0.15) is 11.2 Å². The van der Waals surface area contributed by atoms with Crippen molar-refractivity contribution in [1.82, 2.24) is 0 Å². The fourth-order valence-electron chi connectivity index (χ4n) is 5.71. The van der Waals surface area contributed by atoms with Crippen molar-refractivity contribution in [3.63, 3.8) is 0 Å². The first-order chi connectivity index (χ1) is 20.0. The Bertz CT molecular complexity index is 1530. The molecule has 0 aliphatic carbocycles. The number of thioether (sulfide) groups is 1. The molecule has 0 spiro atoms. The molecule has 0 amide bonds. The normalized spacial score (nSPS) is 14.5. The lowest BCUT2D eigenvalue weighted by atomic mass is 10.1. The molecule has 0 fully saturated rings. The number of fused-ring (bicyclic) bond motifs is 2. The SMILES string of the molecule is CN1/C(=C/c2cc(N(CCC[N+](C)(C)C)CCC[N+](C)(C)C)[n+](-c3ccccc3)c3ccccc23)Sc2ccccc21. The first kappa shape index (κ1) is 30.1. The minimum Gasteiger partial charge on any atom is -0.338 e. The number of hydrogen-bond acceptors (Lipinski definition) is 3. The summed E-state index contributed by atoms with van der Waals surface area (Å²) in [5, 5.41) is 2.52. The number of nitrogens with zero attached hydrogens (tertiary/aromatic N) is 5. The highest BCUT2D eigenvalue weighted by Crippen LogP contribution is 2.45. The number of para-hydroxylation sites is 3. The first-order valence-corrected chi connectivity index (χ1v) is 15.9. The van der Waals surface area contributed by atoms with Gasteiger partial charge in [0.05, 0.1) is 79.2 Å². The van der Waals surface area contributed by atoms with Crippen LogP contribution in [-0.2, 0) is 0 Å². The molecule has 0 N–H and O–H groups in total. The lowest BCUT2D eigenvalue weighted by Crippen LogP contribution is -2.45. The van der Waals surface area contributed by atoms with E-state index >= 15 is 0 Å². The Balaban J connectivity index is 1.66. The zero-order chi connectivity index (χ0) is 29.9. The highest BCUT2D eigenvalue weighted by Gasteiger charge is 2.27. The number of pyridine rings is 1. The van der Waals surface area contributed by atoms with Crippen molar-refractivity contribution < 1.29 is 13.5 Å². The highest BCUT2D eigenvalue weighted by molar-refractivity contribution is 8.03. The van der Waals surface area contributed by atoms with Crippen LogP contribution in [0.2, 0.25) is 0 Å². The molecule has 1 aliphatic heterocycles. The predicted octanol–water partition coefficient (Wildman–Crippen LogP) is 6.66. The molecule has 42 heavy (non-hydrogen) atoms. The van der Waals surface area contributed by atoms with Crippen molar-refractivity contribution in [2.45, 2.75) is 17.7 Å². The monoisotopic (exact) mass is 582 g/mol. The van der Waals surface area contributed by atoms with Crippen molar-refractivity contribution in [1.29, 1.82) is 0 Å². The molecule has 1 aromatic heterocycles. The van der Waals surface area contributed by atoms with Crippen LogP contribution in [-0.4, -0.2) is 84.5 Å². The maximum absolute atomic E-state index is 2.65. The number of benzene rings is 3. The van der Waals surface area contributed by atoms with E-state index in [9.17, 15) is 0 Å². The number of anilines is 2. The van der Waals surface area contributed by atoms with Crippen molar-refractivity contribution in [3.8, 4) is 5.69 Å². The maximum atomic E-state index is 2.65. The number of quaternary nitrogens is 2. The van der Waals surface area contributed by atoms with Gasteiger partial charge in [-0.25, -0.2) is 0 Å². The quantitative estimate of drug-likeness (QED) is 0.145. The second-order valence-electron chi connectivity index (χ2n) is 13.5. The molecule has 0 atom stereocenters. The van der Waals surface area contributed by atoms with E-state index in [0.717, 1.165) is 48.0 Å². The molecule has 0 bridgehead atoms. The predicted molar refractivity (Wildman–Crippen MR) is 181 cm³/mol. The van der Waals surface area contributed by atoms with E-state index in [0.29, 0.717) is 0 Å². The van der Waals surface area contributed by atoms with Crippen LogP contribution in [0, 0.1) is 0 Å². The van der Waals surface area contributed by atoms with Crippen LogP contribution in [0.15, 0.2) is 94.9 Å². The highest BCUT2D eigenvalue weighted by atomic mass is 32.2. The van der Waals surface area contributed by atoms with Gasteiger partial charge >= 0.3 is 0 Å². The summed E-state index contributed by atoms with van der Waals surface area (Å²) in [6.07, 6.45) is 4.67.